The average Bonchev–Trinajstić information content (AvgIpc) is 2.84. The Kier molecular flexibility index (Phi) is 5.10. The van der Waals surface area contributed by atoms with Gasteiger partial charge in [-0.3, -0.25) is 9.78 Å². The van der Waals surface area contributed by atoms with E-state index in [0.29, 0.717) is 23.5 Å². The predicted molar refractivity (Wildman–Crippen MR) is 85.2 cm³/mol. The molecule has 1 saturated heterocycles. The first-order chi connectivity index (χ1) is 10.7. The second-order valence-corrected chi connectivity index (χ2v) is 4.88. The van der Waals surface area contributed by atoms with E-state index < -0.39 is 0 Å². The highest BCUT2D eigenvalue weighted by Crippen LogP contribution is 2.19. The van der Waals surface area contributed by atoms with Gasteiger partial charge in [0, 0.05) is 6.20 Å². The van der Waals surface area contributed by atoms with Crippen molar-refractivity contribution in [3.05, 3.63) is 60.2 Å². The number of hydrogen-bond acceptors (Lipinski definition) is 4. The predicted octanol–water partition coefficient (Wildman–Crippen LogP) is 2.25. The molecule has 22 heavy (non-hydrogen) atoms. The van der Waals surface area contributed by atoms with E-state index in [1.807, 2.05) is 25.2 Å². The van der Waals surface area contributed by atoms with Gasteiger partial charge < -0.3 is 10.6 Å². The molecule has 1 amide bonds. The lowest BCUT2D eigenvalue weighted by Gasteiger charge is -2.06. The SMILES string of the molecule is C=C1NC(=O)C(C/C=C\C(=C/CC)c2ncccc2C#N)N1. The molecule has 0 spiro atoms. The van der Waals surface area contributed by atoms with Crippen LogP contribution in [0.1, 0.15) is 31.0 Å². The van der Waals surface area contributed by atoms with Crippen LogP contribution < -0.4 is 10.6 Å². The van der Waals surface area contributed by atoms with E-state index in [1.165, 1.54) is 0 Å². The van der Waals surface area contributed by atoms with Crippen molar-refractivity contribution in [1.82, 2.24) is 15.6 Å². The number of rotatable bonds is 5. The fourth-order valence-corrected chi connectivity index (χ4v) is 2.23. The van der Waals surface area contributed by atoms with Crippen LogP contribution in [0.2, 0.25) is 0 Å². The van der Waals surface area contributed by atoms with E-state index in [-0.39, 0.29) is 11.9 Å². The van der Waals surface area contributed by atoms with Gasteiger partial charge in [-0.2, -0.15) is 5.26 Å². The maximum absolute atomic E-state index is 11.6. The molecule has 0 aromatic carbocycles. The molecule has 1 aromatic heterocycles. The molecule has 0 bridgehead atoms. The summed E-state index contributed by atoms with van der Waals surface area (Å²) >= 11 is 0. The van der Waals surface area contributed by atoms with Crippen LogP contribution >= 0.6 is 0 Å². The van der Waals surface area contributed by atoms with Crippen molar-refractivity contribution in [1.29, 1.82) is 5.26 Å². The van der Waals surface area contributed by atoms with Gasteiger partial charge in [-0.15, -0.1) is 0 Å². The van der Waals surface area contributed by atoms with Crippen LogP contribution in [0, 0.1) is 11.3 Å². The molecule has 0 saturated carbocycles. The van der Waals surface area contributed by atoms with Crippen LogP contribution in [-0.4, -0.2) is 16.9 Å². The first kappa shape index (κ1) is 15.5. The summed E-state index contributed by atoms with van der Waals surface area (Å²) in [4.78, 5) is 15.9. The minimum atomic E-state index is -0.300. The van der Waals surface area contributed by atoms with Crippen molar-refractivity contribution in [2.75, 3.05) is 0 Å². The summed E-state index contributed by atoms with van der Waals surface area (Å²) in [5.74, 6) is 0.454. The summed E-state index contributed by atoms with van der Waals surface area (Å²) in [6.07, 6.45) is 8.88. The Morgan fingerprint density at radius 1 is 1.59 bits per heavy atom. The lowest BCUT2D eigenvalue weighted by atomic mass is 10.0. The Balaban J connectivity index is 2.15. The van der Waals surface area contributed by atoms with Gasteiger partial charge in [-0.1, -0.05) is 31.7 Å². The highest BCUT2D eigenvalue weighted by Gasteiger charge is 2.24. The monoisotopic (exact) mass is 294 g/mol. The van der Waals surface area contributed by atoms with E-state index in [1.54, 1.807) is 18.3 Å². The number of aromatic nitrogens is 1. The molecule has 1 aliphatic rings. The fourth-order valence-electron chi connectivity index (χ4n) is 2.23. The van der Waals surface area contributed by atoms with Crippen molar-refractivity contribution in [3.8, 4) is 6.07 Å². The number of carbonyl (C=O) groups excluding carboxylic acids is 1. The van der Waals surface area contributed by atoms with Gasteiger partial charge in [-0.05, 0) is 30.5 Å². The number of nitrogens with zero attached hydrogens (tertiary/aromatic N) is 2. The van der Waals surface area contributed by atoms with Crippen LogP contribution in [-0.2, 0) is 4.79 Å². The Morgan fingerprint density at radius 3 is 3.05 bits per heavy atom. The summed E-state index contributed by atoms with van der Waals surface area (Å²) in [6, 6.07) is 5.34. The first-order valence-electron chi connectivity index (χ1n) is 7.14. The molecule has 1 unspecified atom stereocenters. The average molecular weight is 294 g/mol. The molecular formula is C17H18N4O. The fraction of sp³-hybridized carbons (Fsp3) is 0.235. The van der Waals surface area contributed by atoms with E-state index in [4.69, 9.17) is 0 Å². The number of pyridine rings is 1. The normalized spacial score (nSPS) is 18.2. The first-order valence-corrected chi connectivity index (χ1v) is 7.14. The lowest BCUT2D eigenvalue weighted by molar-refractivity contribution is -0.120. The Labute approximate surface area is 130 Å². The Bertz CT molecular complexity index is 682. The minimum Gasteiger partial charge on any atom is -0.360 e. The zero-order valence-electron chi connectivity index (χ0n) is 12.5. The molecule has 1 atom stereocenters. The summed E-state index contributed by atoms with van der Waals surface area (Å²) < 4.78 is 0. The maximum atomic E-state index is 11.6. The molecule has 2 rings (SSSR count). The van der Waals surface area contributed by atoms with Gasteiger partial charge >= 0.3 is 0 Å². The molecule has 1 aliphatic heterocycles. The van der Waals surface area contributed by atoms with Crippen LogP contribution in [0.25, 0.3) is 5.57 Å². The third kappa shape index (κ3) is 3.61. The summed E-state index contributed by atoms with van der Waals surface area (Å²) in [6.45, 7) is 5.70. The van der Waals surface area contributed by atoms with Crippen LogP contribution in [0.5, 0.6) is 0 Å². The summed E-state index contributed by atoms with van der Waals surface area (Å²) in [7, 11) is 0. The van der Waals surface area contributed by atoms with Crippen molar-refractivity contribution in [2.45, 2.75) is 25.8 Å². The molecule has 5 nitrogen and oxygen atoms in total. The van der Waals surface area contributed by atoms with Crippen molar-refractivity contribution in [2.24, 2.45) is 0 Å². The Hall–Kier alpha value is -2.87. The third-order valence-electron chi connectivity index (χ3n) is 3.23. The quantitative estimate of drug-likeness (QED) is 0.817. The minimum absolute atomic E-state index is 0.0776. The van der Waals surface area contributed by atoms with Crippen molar-refractivity contribution in [3.63, 3.8) is 0 Å². The molecule has 0 radical (unpaired) electrons. The maximum Gasteiger partial charge on any atom is 0.248 e. The van der Waals surface area contributed by atoms with Crippen molar-refractivity contribution < 1.29 is 4.79 Å². The van der Waals surface area contributed by atoms with Gasteiger partial charge in [-0.25, -0.2) is 0 Å². The van der Waals surface area contributed by atoms with Gasteiger partial charge in [0.2, 0.25) is 5.91 Å². The van der Waals surface area contributed by atoms with Crippen molar-refractivity contribution >= 4 is 11.5 Å². The van der Waals surface area contributed by atoms with Crippen LogP contribution in [0.15, 0.2) is 49.0 Å². The van der Waals surface area contributed by atoms with E-state index in [0.717, 1.165) is 12.0 Å². The van der Waals surface area contributed by atoms with E-state index in [2.05, 4.69) is 28.3 Å². The second-order valence-electron chi connectivity index (χ2n) is 4.88. The van der Waals surface area contributed by atoms with E-state index in [9.17, 15) is 10.1 Å². The van der Waals surface area contributed by atoms with Crippen LogP contribution in [0.4, 0.5) is 0 Å². The molecule has 2 heterocycles. The summed E-state index contributed by atoms with van der Waals surface area (Å²) in [5.41, 5.74) is 2.09. The second kappa shape index (κ2) is 7.23. The van der Waals surface area contributed by atoms with Crippen LogP contribution in [0.3, 0.4) is 0 Å². The molecule has 5 heteroatoms. The third-order valence-corrected chi connectivity index (χ3v) is 3.23. The number of nitriles is 1. The standard InChI is InChI=1S/C17H18N4O/c1-3-6-13(16-14(11-18)8-5-10-19-16)7-4-9-15-17(22)21-12(2)20-15/h4-8,10,15,20H,2-3,9H2,1H3,(H,21,22)/b7-4-,13-6+. The zero-order valence-corrected chi connectivity index (χ0v) is 12.5. The largest absolute Gasteiger partial charge is 0.360 e. The number of nitrogens with one attached hydrogen (secondary N) is 2. The number of hydrogen-bond donors (Lipinski definition) is 2. The Morgan fingerprint density at radius 2 is 2.41 bits per heavy atom. The topological polar surface area (TPSA) is 77.8 Å². The van der Waals surface area contributed by atoms with Gasteiger partial charge in [0.25, 0.3) is 0 Å². The molecule has 1 aromatic rings. The molecule has 2 N–H and O–H groups in total. The number of allylic oxidation sites excluding steroid dienone is 3. The number of carbonyl (C=O) groups is 1. The zero-order chi connectivity index (χ0) is 15.9. The molecule has 1 fully saturated rings. The van der Waals surface area contributed by atoms with Gasteiger partial charge in [0.1, 0.15) is 12.1 Å². The number of amides is 1. The molecule has 0 aliphatic carbocycles. The smallest absolute Gasteiger partial charge is 0.248 e. The lowest BCUT2D eigenvalue weighted by Crippen LogP contribution is -2.27. The molecular weight excluding hydrogens is 276 g/mol. The van der Waals surface area contributed by atoms with Gasteiger partial charge in [0.15, 0.2) is 0 Å². The summed E-state index contributed by atoms with van der Waals surface area (Å²) in [5, 5.41) is 14.8. The highest BCUT2D eigenvalue weighted by molar-refractivity contribution is 5.86. The molecule has 112 valence electrons. The van der Waals surface area contributed by atoms with Gasteiger partial charge in [0.05, 0.1) is 17.1 Å². The van der Waals surface area contributed by atoms with E-state index >= 15 is 0 Å². The highest BCUT2D eigenvalue weighted by atomic mass is 16.2.